The van der Waals surface area contributed by atoms with Crippen LogP contribution in [0, 0.1) is 10.1 Å². The second kappa shape index (κ2) is 5.93. The number of carbonyl (C=O) groups is 1. The van der Waals surface area contributed by atoms with Gasteiger partial charge in [-0.25, -0.2) is 8.42 Å². The zero-order valence-corrected chi connectivity index (χ0v) is 13.2. The molecule has 2 aromatic carbocycles. The van der Waals surface area contributed by atoms with Crippen molar-refractivity contribution < 1.29 is 18.1 Å². The maximum atomic E-state index is 12.4. The molecule has 124 valence electrons. The Bertz CT molecular complexity index is 923. The lowest BCUT2D eigenvalue weighted by Crippen LogP contribution is -2.31. The molecular weight excluding hydrogens is 334 g/mol. The zero-order chi connectivity index (χ0) is 17.3. The van der Waals surface area contributed by atoms with E-state index in [2.05, 4.69) is 10.0 Å². The summed E-state index contributed by atoms with van der Waals surface area (Å²) in [4.78, 5) is 21.7. The number of sulfonamides is 1. The zero-order valence-electron chi connectivity index (χ0n) is 12.4. The maximum Gasteiger partial charge on any atom is 0.269 e. The van der Waals surface area contributed by atoms with Crippen LogP contribution in [0.5, 0.6) is 0 Å². The van der Waals surface area contributed by atoms with Gasteiger partial charge in [0, 0.05) is 29.9 Å². The normalized spacial score (nSPS) is 13.8. The van der Waals surface area contributed by atoms with E-state index in [4.69, 9.17) is 0 Å². The number of rotatable bonds is 4. The van der Waals surface area contributed by atoms with Gasteiger partial charge in [-0.2, -0.15) is 0 Å². The number of non-ortho nitro benzene ring substituents is 1. The van der Waals surface area contributed by atoms with Crippen LogP contribution in [0.1, 0.15) is 15.9 Å². The number of carbonyl (C=O) groups excluding carboxylic acids is 1. The topological polar surface area (TPSA) is 118 Å². The fourth-order valence-corrected chi connectivity index (χ4v) is 3.49. The molecule has 0 spiro atoms. The minimum absolute atomic E-state index is 0.102. The van der Waals surface area contributed by atoms with Gasteiger partial charge < -0.3 is 5.32 Å². The Morgan fingerprint density at radius 3 is 2.50 bits per heavy atom. The van der Waals surface area contributed by atoms with Crippen LogP contribution in [0.2, 0.25) is 0 Å². The van der Waals surface area contributed by atoms with E-state index < -0.39 is 14.9 Å². The second-order valence-electron chi connectivity index (χ2n) is 5.23. The van der Waals surface area contributed by atoms with E-state index >= 15 is 0 Å². The van der Waals surface area contributed by atoms with Crippen molar-refractivity contribution in [2.24, 2.45) is 0 Å². The van der Waals surface area contributed by atoms with E-state index in [1.807, 2.05) is 0 Å². The summed E-state index contributed by atoms with van der Waals surface area (Å²) in [5.41, 5.74) is 1.35. The second-order valence-corrected chi connectivity index (χ2v) is 6.92. The lowest BCUT2D eigenvalue weighted by Gasteiger charge is -2.17. The largest absolute Gasteiger partial charge is 0.352 e. The summed E-state index contributed by atoms with van der Waals surface area (Å²) in [5.74, 6) is -0.243. The number of hydrogen-bond donors (Lipinski definition) is 2. The molecule has 2 N–H and O–H groups in total. The average molecular weight is 347 g/mol. The van der Waals surface area contributed by atoms with Gasteiger partial charge in [-0.1, -0.05) is 6.07 Å². The Morgan fingerprint density at radius 2 is 1.83 bits per heavy atom. The number of amides is 1. The van der Waals surface area contributed by atoms with E-state index in [1.54, 1.807) is 12.1 Å². The SMILES string of the molecule is O=C1NCCc2ccc(NS(=O)(=O)c3ccc([N+](=O)[O-])cc3)cc21. The van der Waals surface area contributed by atoms with Crippen molar-refractivity contribution in [1.82, 2.24) is 5.32 Å². The highest BCUT2D eigenvalue weighted by atomic mass is 32.2. The number of nitrogens with one attached hydrogen (secondary N) is 2. The molecule has 1 aliphatic rings. The predicted molar refractivity (Wildman–Crippen MR) is 86.4 cm³/mol. The van der Waals surface area contributed by atoms with Gasteiger partial charge in [-0.3, -0.25) is 19.6 Å². The summed E-state index contributed by atoms with van der Waals surface area (Å²) in [7, 11) is -3.90. The standard InChI is InChI=1S/C15H13N3O5S/c19-15-14-9-11(2-1-10(14)7-8-16-15)17-24(22,23)13-5-3-12(4-6-13)18(20)21/h1-6,9,17H,7-8H2,(H,16,19). The van der Waals surface area contributed by atoms with Crippen LogP contribution >= 0.6 is 0 Å². The van der Waals surface area contributed by atoms with Crippen molar-refractivity contribution >= 4 is 27.3 Å². The summed E-state index contributed by atoms with van der Waals surface area (Å²) in [6.45, 7) is 0.555. The van der Waals surface area contributed by atoms with Crippen LogP contribution < -0.4 is 10.0 Å². The number of hydrogen-bond acceptors (Lipinski definition) is 5. The van der Waals surface area contributed by atoms with Gasteiger partial charge in [-0.05, 0) is 36.2 Å². The molecule has 3 rings (SSSR count). The van der Waals surface area contributed by atoms with Crippen LogP contribution in [0.15, 0.2) is 47.4 Å². The van der Waals surface area contributed by atoms with Crippen molar-refractivity contribution in [1.29, 1.82) is 0 Å². The van der Waals surface area contributed by atoms with Crippen molar-refractivity contribution in [3.05, 3.63) is 63.7 Å². The average Bonchev–Trinajstić information content (AvgIpc) is 2.55. The molecule has 9 heteroatoms. The molecule has 0 bridgehead atoms. The first-order valence-electron chi connectivity index (χ1n) is 7.05. The molecular formula is C15H13N3O5S. The molecule has 1 amide bonds. The monoisotopic (exact) mass is 347 g/mol. The number of nitro benzene ring substituents is 1. The molecule has 8 nitrogen and oxygen atoms in total. The molecule has 2 aromatic rings. The minimum Gasteiger partial charge on any atom is -0.352 e. The Labute approximate surface area is 137 Å². The van der Waals surface area contributed by atoms with Crippen molar-refractivity contribution in [2.75, 3.05) is 11.3 Å². The third-order valence-corrected chi connectivity index (χ3v) is 5.04. The quantitative estimate of drug-likeness (QED) is 0.644. The van der Waals surface area contributed by atoms with E-state index in [1.165, 1.54) is 6.07 Å². The van der Waals surface area contributed by atoms with E-state index in [0.717, 1.165) is 29.8 Å². The lowest BCUT2D eigenvalue weighted by atomic mass is 10.00. The Kier molecular flexibility index (Phi) is 3.94. The fourth-order valence-electron chi connectivity index (χ4n) is 2.44. The summed E-state index contributed by atoms with van der Waals surface area (Å²) < 4.78 is 27.1. The molecule has 0 saturated carbocycles. The molecule has 1 aliphatic heterocycles. The van der Waals surface area contributed by atoms with Crippen LogP contribution in [0.25, 0.3) is 0 Å². The Balaban J connectivity index is 1.88. The molecule has 0 atom stereocenters. The minimum atomic E-state index is -3.90. The van der Waals surface area contributed by atoms with Gasteiger partial charge >= 0.3 is 0 Å². The third-order valence-electron chi connectivity index (χ3n) is 3.64. The lowest BCUT2D eigenvalue weighted by molar-refractivity contribution is -0.384. The summed E-state index contributed by atoms with van der Waals surface area (Å²) in [6, 6.07) is 9.33. The van der Waals surface area contributed by atoms with Crippen LogP contribution in [0.3, 0.4) is 0 Å². The Hall–Kier alpha value is -2.94. The maximum absolute atomic E-state index is 12.4. The molecule has 0 aromatic heterocycles. The molecule has 0 fully saturated rings. The smallest absolute Gasteiger partial charge is 0.269 e. The van der Waals surface area contributed by atoms with Crippen LogP contribution in [-0.2, 0) is 16.4 Å². The first-order chi connectivity index (χ1) is 11.4. The van der Waals surface area contributed by atoms with Gasteiger partial charge in [0.15, 0.2) is 0 Å². The number of nitro groups is 1. The molecule has 0 aliphatic carbocycles. The number of benzene rings is 2. The van der Waals surface area contributed by atoms with Gasteiger partial charge in [-0.15, -0.1) is 0 Å². The molecule has 1 heterocycles. The fraction of sp³-hybridized carbons (Fsp3) is 0.133. The van der Waals surface area contributed by atoms with Crippen molar-refractivity contribution in [3.8, 4) is 0 Å². The molecule has 0 radical (unpaired) electrons. The van der Waals surface area contributed by atoms with E-state index in [-0.39, 0.29) is 22.2 Å². The number of nitrogens with zero attached hydrogens (tertiary/aromatic N) is 1. The highest BCUT2D eigenvalue weighted by Crippen LogP contribution is 2.23. The van der Waals surface area contributed by atoms with Crippen LogP contribution in [-0.4, -0.2) is 25.8 Å². The summed E-state index contributed by atoms with van der Waals surface area (Å²) in [6.07, 6.45) is 0.691. The number of anilines is 1. The highest BCUT2D eigenvalue weighted by Gasteiger charge is 2.20. The highest BCUT2D eigenvalue weighted by molar-refractivity contribution is 7.92. The predicted octanol–water partition coefficient (Wildman–Crippen LogP) is 1.68. The van der Waals surface area contributed by atoms with Crippen molar-refractivity contribution in [3.63, 3.8) is 0 Å². The summed E-state index contributed by atoms with van der Waals surface area (Å²) >= 11 is 0. The first-order valence-corrected chi connectivity index (χ1v) is 8.53. The van der Waals surface area contributed by atoms with Gasteiger partial charge in [0.2, 0.25) is 0 Å². The van der Waals surface area contributed by atoms with Gasteiger partial charge in [0.25, 0.3) is 21.6 Å². The van der Waals surface area contributed by atoms with Crippen molar-refractivity contribution in [2.45, 2.75) is 11.3 Å². The third kappa shape index (κ3) is 3.06. The molecule has 24 heavy (non-hydrogen) atoms. The number of fused-ring (bicyclic) bond motifs is 1. The summed E-state index contributed by atoms with van der Waals surface area (Å²) in [5, 5.41) is 13.3. The first kappa shape index (κ1) is 15.9. The van der Waals surface area contributed by atoms with Gasteiger partial charge in [0.1, 0.15) is 0 Å². The molecule has 0 unspecified atom stereocenters. The van der Waals surface area contributed by atoms with Gasteiger partial charge in [0.05, 0.1) is 9.82 Å². The van der Waals surface area contributed by atoms with E-state index in [9.17, 15) is 23.3 Å². The molecule has 0 saturated heterocycles. The van der Waals surface area contributed by atoms with E-state index in [0.29, 0.717) is 18.5 Å². The Morgan fingerprint density at radius 1 is 1.12 bits per heavy atom. The van der Waals surface area contributed by atoms with Crippen LogP contribution in [0.4, 0.5) is 11.4 Å².